The first-order chi connectivity index (χ1) is 8.69. The van der Waals surface area contributed by atoms with Crippen molar-refractivity contribution in [3.8, 4) is 11.5 Å². The predicted molar refractivity (Wildman–Crippen MR) is 72.5 cm³/mol. The molecule has 0 spiro atoms. The van der Waals surface area contributed by atoms with Crippen molar-refractivity contribution in [2.75, 3.05) is 20.3 Å². The van der Waals surface area contributed by atoms with Gasteiger partial charge in [0.1, 0.15) is 11.4 Å². The maximum atomic E-state index is 11.2. The summed E-state index contributed by atoms with van der Waals surface area (Å²) < 4.78 is 15.7. The van der Waals surface area contributed by atoms with E-state index in [1.54, 1.807) is 0 Å². The molecule has 0 N–H and O–H groups in total. The van der Waals surface area contributed by atoms with E-state index in [1.807, 2.05) is 31.2 Å². The molecule has 0 aliphatic rings. The summed E-state index contributed by atoms with van der Waals surface area (Å²) in [6.07, 6.45) is 0.928. The average molecular weight is 317 g/mol. The van der Waals surface area contributed by atoms with E-state index >= 15 is 0 Å². The third-order valence-corrected chi connectivity index (χ3v) is 2.79. The van der Waals surface area contributed by atoms with Crippen molar-refractivity contribution < 1.29 is 19.0 Å². The molecule has 1 aromatic rings. The lowest BCUT2D eigenvalue weighted by Gasteiger charge is -2.13. The van der Waals surface area contributed by atoms with Gasteiger partial charge >= 0.3 is 5.97 Å². The minimum atomic E-state index is -0.485. The molecule has 5 heteroatoms. The van der Waals surface area contributed by atoms with E-state index in [0.29, 0.717) is 18.1 Å². The van der Waals surface area contributed by atoms with Crippen LogP contribution >= 0.6 is 15.9 Å². The van der Waals surface area contributed by atoms with E-state index in [0.717, 1.165) is 6.42 Å². The standard InChI is InChI=1S/C13H17BrO4/c1-3-8-17-11-6-4-5-7-12(11)18-9-10(14)13(15)16-2/h4-7,10H,3,8-9H2,1-2H3. The Bertz CT molecular complexity index is 381. The summed E-state index contributed by atoms with van der Waals surface area (Å²) >= 11 is 3.20. The maximum Gasteiger partial charge on any atom is 0.322 e. The largest absolute Gasteiger partial charge is 0.490 e. The number of carbonyl (C=O) groups excluding carboxylic acids is 1. The van der Waals surface area contributed by atoms with Crippen LogP contribution in [0.25, 0.3) is 0 Å². The van der Waals surface area contributed by atoms with Crippen LogP contribution in [0.2, 0.25) is 0 Å². The van der Waals surface area contributed by atoms with Crippen LogP contribution in [0.1, 0.15) is 13.3 Å². The fraction of sp³-hybridized carbons (Fsp3) is 0.462. The molecular formula is C13H17BrO4. The monoisotopic (exact) mass is 316 g/mol. The number of alkyl halides is 1. The normalized spacial score (nSPS) is 11.7. The Morgan fingerprint density at radius 3 is 2.44 bits per heavy atom. The Morgan fingerprint density at radius 1 is 1.28 bits per heavy atom. The number of esters is 1. The van der Waals surface area contributed by atoms with Crippen LogP contribution in [0.3, 0.4) is 0 Å². The van der Waals surface area contributed by atoms with Gasteiger partial charge in [0.15, 0.2) is 11.5 Å². The lowest BCUT2D eigenvalue weighted by atomic mass is 10.3. The van der Waals surface area contributed by atoms with Gasteiger partial charge < -0.3 is 14.2 Å². The van der Waals surface area contributed by atoms with Crippen LogP contribution in [-0.2, 0) is 9.53 Å². The first kappa shape index (κ1) is 14.8. The maximum absolute atomic E-state index is 11.2. The molecule has 1 rings (SSSR count). The van der Waals surface area contributed by atoms with Gasteiger partial charge in [0.2, 0.25) is 0 Å². The molecule has 0 aliphatic heterocycles. The van der Waals surface area contributed by atoms with Crippen LogP contribution < -0.4 is 9.47 Å². The summed E-state index contributed by atoms with van der Waals surface area (Å²) in [5.41, 5.74) is 0. The summed E-state index contributed by atoms with van der Waals surface area (Å²) in [4.78, 5) is 10.7. The van der Waals surface area contributed by atoms with E-state index in [-0.39, 0.29) is 12.6 Å². The molecule has 0 aliphatic carbocycles. The second-order valence-corrected chi connectivity index (χ2v) is 4.70. The Labute approximate surface area is 115 Å². The van der Waals surface area contributed by atoms with Gasteiger partial charge in [-0.15, -0.1) is 0 Å². The van der Waals surface area contributed by atoms with Crippen LogP contribution in [0.15, 0.2) is 24.3 Å². The number of hydrogen-bond donors (Lipinski definition) is 0. The molecular weight excluding hydrogens is 300 g/mol. The lowest BCUT2D eigenvalue weighted by Crippen LogP contribution is -2.23. The van der Waals surface area contributed by atoms with Crippen molar-refractivity contribution in [3.05, 3.63) is 24.3 Å². The lowest BCUT2D eigenvalue weighted by molar-refractivity contribution is -0.140. The van der Waals surface area contributed by atoms with Gasteiger partial charge in [0, 0.05) is 0 Å². The fourth-order valence-corrected chi connectivity index (χ4v) is 1.58. The van der Waals surface area contributed by atoms with Gasteiger partial charge in [-0.25, -0.2) is 0 Å². The zero-order valence-electron chi connectivity index (χ0n) is 10.5. The number of rotatable bonds is 7. The molecule has 0 saturated carbocycles. The molecule has 4 nitrogen and oxygen atoms in total. The van der Waals surface area contributed by atoms with Crippen molar-refractivity contribution in [1.82, 2.24) is 0 Å². The molecule has 1 aromatic carbocycles. The highest BCUT2D eigenvalue weighted by atomic mass is 79.9. The third kappa shape index (κ3) is 4.56. The van der Waals surface area contributed by atoms with Gasteiger partial charge in [-0.1, -0.05) is 35.0 Å². The van der Waals surface area contributed by atoms with Gasteiger partial charge in [0.25, 0.3) is 0 Å². The number of hydrogen-bond acceptors (Lipinski definition) is 4. The van der Waals surface area contributed by atoms with Gasteiger partial charge in [-0.3, -0.25) is 4.79 Å². The molecule has 0 fully saturated rings. The molecule has 1 unspecified atom stereocenters. The second-order valence-electron chi connectivity index (χ2n) is 3.60. The molecule has 1 atom stereocenters. The minimum Gasteiger partial charge on any atom is -0.490 e. The van der Waals surface area contributed by atoms with Crippen molar-refractivity contribution in [3.63, 3.8) is 0 Å². The summed E-state index contributed by atoms with van der Waals surface area (Å²) in [6.45, 7) is 2.86. The van der Waals surface area contributed by atoms with Gasteiger partial charge in [-0.2, -0.15) is 0 Å². The first-order valence-electron chi connectivity index (χ1n) is 5.75. The Balaban J connectivity index is 2.58. The molecule has 0 radical (unpaired) electrons. The first-order valence-corrected chi connectivity index (χ1v) is 6.67. The van der Waals surface area contributed by atoms with Crippen LogP contribution in [0.4, 0.5) is 0 Å². The van der Waals surface area contributed by atoms with E-state index in [2.05, 4.69) is 20.7 Å². The predicted octanol–water partition coefficient (Wildman–Crippen LogP) is 2.79. The molecule has 18 heavy (non-hydrogen) atoms. The molecule has 0 aromatic heterocycles. The van der Waals surface area contributed by atoms with Crippen molar-refractivity contribution in [2.45, 2.75) is 18.2 Å². The summed E-state index contributed by atoms with van der Waals surface area (Å²) in [5, 5.41) is 0. The fourth-order valence-electron chi connectivity index (χ4n) is 1.26. The smallest absolute Gasteiger partial charge is 0.322 e. The number of benzene rings is 1. The highest BCUT2D eigenvalue weighted by molar-refractivity contribution is 9.10. The van der Waals surface area contributed by atoms with E-state index < -0.39 is 4.83 Å². The summed E-state index contributed by atoms with van der Waals surface area (Å²) in [6, 6.07) is 7.38. The zero-order valence-corrected chi connectivity index (χ0v) is 12.1. The van der Waals surface area contributed by atoms with E-state index in [4.69, 9.17) is 9.47 Å². The number of methoxy groups -OCH3 is 1. The molecule has 0 bridgehead atoms. The average Bonchev–Trinajstić information content (AvgIpc) is 2.42. The number of halogens is 1. The zero-order chi connectivity index (χ0) is 13.4. The van der Waals surface area contributed by atoms with Crippen molar-refractivity contribution in [1.29, 1.82) is 0 Å². The molecule has 0 saturated heterocycles. The number of para-hydroxylation sites is 2. The Hall–Kier alpha value is -1.23. The quantitative estimate of drug-likeness (QED) is 0.573. The Kier molecular flexibility index (Phi) is 6.57. The van der Waals surface area contributed by atoms with Gasteiger partial charge in [-0.05, 0) is 18.6 Å². The van der Waals surface area contributed by atoms with E-state index in [1.165, 1.54) is 7.11 Å². The highest BCUT2D eigenvalue weighted by Gasteiger charge is 2.16. The second kappa shape index (κ2) is 7.97. The number of ether oxygens (including phenoxy) is 3. The van der Waals surface area contributed by atoms with Crippen LogP contribution in [0, 0.1) is 0 Å². The highest BCUT2D eigenvalue weighted by Crippen LogP contribution is 2.27. The van der Waals surface area contributed by atoms with Crippen molar-refractivity contribution in [2.24, 2.45) is 0 Å². The molecule has 0 amide bonds. The van der Waals surface area contributed by atoms with Crippen molar-refractivity contribution >= 4 is 21.9 Å². The van der Waals surface area contributed by atoms with Crippen LogP contribution in [-0.4, -0.2) is 31.1 Å². The van der Waals surface area contributed by atoms with E-state index in [9.17, 15) is 4.79 Å². The van der Waals surface area contributed by atoms with Crippen LogP contribution in [0.5, 0.6) is 11.5 Å². The minimum absolute atomic E-state index is 0.194. The summed E-state index contributed by atoms with van der Waals surface area (Å²) in [5.74, 6) is 0.949. The molecule has 100 valence electrons. The SMILES string of the molecule is CCCOc1ccccc1OCC(Br)C(=O)OC. The third-order valence-electron chi connectivity index (χ3n) is 2.15. The Morgan fingerprint density at radius 2 is 1.89 bits per heavy atom. The molecule has 0 heterocycles. The number of carbonyl (C=O) groups is 1. The summed E-state index contributed by atoms with van der Waals surface area (Å²) in [7, 11) is 1.34. The topological polar surface area (TPSA) is 44.8 Å². The van der Waals surface area contributed by atoms with Gasteiger partial charge in [0.05, 0.1) is 13.7 Å².